The lowest BCUT2D eigenvalue weighted by Gasteiger charge is -2.15. The highest BCUT2D eigenvalue weighted by Gasteiger charge is 2.13. The summed E-state index contributed by atoms with van der Waals surface area (Å²) < 4.78 is 11.6. The zero-order valence-corrected chi connectivity index (χ0v) is 10.6. The molecule has 0 aliphatic heterocycles. The Bertz CT molecular complexity index is 397. The molecular weight excluding hydrogens is 242 g/mol. The lowest BCUT2D eigenvalue weighted by Crippen LogP contribution is -2.17. The van der Waals surface area contributed by atoms with Crippen LogP contribution in [0.4, 0.5) is 10.5 Å². The van der Waals surface area contributed by atoms with Gasteiger partial charge >= 0.3 is 6.09 Å². The molecule has 5 nitrogen and oxygen atoms in total. The Labute approximate surface area is 105 Å². The van der Waals surface area contributed by atoms with Crippen LogP contribution in [-0.4, -0.2) is 24.4 Å². The fourth-order valence-corrected chi connectivity index (χ4v) is 1.41. The van der Waals surface area contributed by atoms with Crippen LogP contribution in [0.1, 0.15) is 13.8 Å². The number of rotatable bonds is 5. The van der Waals surface area contributed by atoms with E-state index >= 15 is 0 Å². The molecule has 0 bridgehead atoms. The molecule has 0 radical (unpaired) electrons. The molecule has 1 N–H and O–H groups in total. The van der Waals surface area contributed by atoms with Gasteiger partial charge in [-0.2, -0.15) is 0 Å². The van der Waals surface area contributed by atoms with Crippen molar-refractivity contribution in [3.63, 3.8) is 0 Å². The zero-order chi connectivity index (χ0) is 12.8. The topological polar surface area (TPSA) is 59.0 Å². The third-order valence-corrected chi connectivity index (χ3v) is 2.35. The van der Waals surface area contributed by atoms with Crippen LogP contribution in [0.2, 0.25) is 0 Å². The van der Waals surface area contributed by atoms with E-state index in [1.165, 1.54) is 0 Å². The number of nitrogens with zero attached hydrogens (tertiary/aromatic N) is 1. The summed E-state index contributed by atoms with van der Waals surface area (Å²) in [4.78, 5) is 10.8. The predicted molar refractivity (Wildman–Crippen MR) is 68.3 cm³/mol. The maximum absolute atomic E-state index is 10.8. The van der Waals surface area contributed by atoms with Crippen molar-refractivity contribution >= 4 is 24.6 Å². The summed E-state index contributed by atoms with van der Waals surface area (Å²) in [6.45, 7) is 4.70. The molecule has 0 fully saturated rings. The maximum atomic E-state index is 10.8. The van der Waals surface area contributed by atoms with Gasteiger partial charge in [-0.25, -0.2) is 9.10 Å². The van der Waals surface area contributed by atoms with E-state index in [4.69, 9.17) is 14.6 Å². The highest BCUT2D eigenvalue weighted by atomic mass is 32.1. The molecule has 0 spiro atoms. The van der Waals surface area contributed by atoms with Crippen LogP contribution in [0.15, 0.2) is 18.2 Å². The molecule has 0 aromatic heterocycles. The first kappa shape index (κ1) is 13.5. The Kier molecular flexibility index (Phi) is 4.96. The average molecular weight is 257 g/mol. The van der Waals surface area contributed by atoms with E-state index in [9.17, 15) is 4.79 Å². The van der Waals surface area contributed by atoms with E-state index in [2.05, 4.69) is 12.8 Å². The molecule has 0 heterocycles. The average Bonchev–Trinajstić information content (AvgIpc) is 2.31. The van der Waals surface area contributed by atoms with E-state index in [0.717, 1.165) is 4.31 Å². The summed E-state index contributed by atoms with van der Waals surface area (Å²) in [6.07, 6.45) is -1.15. The van der Waals surface area contributed by atoms with Gasteiger partial charge in [-0.1, -0.05) is 12.8 Å². The summed E-state index contributed by atoms with van der Waals surface area (Å²) in [5, 5.41) is 8.81. The molecule has 0 saturated heterocycles. The predicted octanol–water partition coefficient (Wildman–Crippen LogP) is 2.81. The number of carbonyl (C=O) groups is 1. The minimum absolute atomic E-state index is 0.410. The first-order valence-electron chi connectivity index (χ1n) is 5.21. The first-order valence-corrected chi connectivity index (χ1v) is 5.61. The molecule has 1 amide bonds. The Morgan fingerprint density at radius 1 is 1.29 bits per heavy atom. The smallest absolute Gasteiger partial charge is 0.421 e. The molecule has 1 rings (SSSR count). The standard InChI is InChI=1S/C11H15NO4S/c1-3-15-9-6-5-8(12(17)11(13)14)7-10(9)16-4-2/h5-7,17H,3-4H2,1-2H3,(H,13,14). The normalized spacial score (nSPS) is 9.82. The third kappa shape index (κ3) is 3.45. The molecule has 6 heteroatoms. The van der Waals surface area contributed by atoms with Crippen molar-refractivity contribution in [3.8, 4) is 11.5 Å². The van der Waals surface area contributed by atoms with Crippen LogP contribution < -0.4 is 13.8 Å². The van der Waals surface area contributed by atoms with Gasteiger partial charge in [0.2, 0.25) is 0 Å². The molecule has 1 aromatic carbocycles. The van der Waals surface area contributed by atoms with Crippen molar-refractivity contribution in [2.45, 2.75) is 13.8 Å². The van der Waals surface area contributed by atoms with Crippen molar-refractivity contribution in [2.24, 2.45) is 0 Å². The first-order chi connectivity index (χ1) is 8.10. The molecule has 17 heavy (non-hydrogen) atoms. The van der Waals surface area contributed by atoms with Crippen molar-refractivity contribution in [2.75, 3.05) is 17.5 Å². The second kappa shape index (κ2) is 6.24. The van der Waals surface area contributed by atoms with Crippen LogP contribution >= 0.6 is 12.8 Å². The Morgan fingerprint density at radius 3 is 2.41 bits per heavy atom. The van der Waals surface area contributed by atoms with Crippen LogP contribution in [0.5, 0.6) is 11.5 Å². The second-order valence-corrected chi connectivity index (χ2v) is 3.49. The van der Waals surface area contributed by atoms with Crippen molar-refractivity contribution in [3.05, 3.63) is 18.2 Å². The third-order valence-electron chi connectivity index (χ3n) is 1.95. The summed E-state index contributed by atoms with van der Waals surface area (Å²) >= 11 is 3.85. The van der Waals surface area contributed by atoms with Gasteiger partial charge in [-0.3, -0.25) is 0 Å². The van der Waals surface area contributed by atoms with Crippen molar-refractivity contribution in [1.29, 1.82) is 0 Å². The lowest BCUT2D eigenvalue weighted by molar-refractivity contribution is 0.206. The Hall–Kier alpha value is -1.56. The number of amides is 1. The van der Waals surface area contributed by atoms with Crippen molar-refractivity contribution < 1.29 is 19.4 Å². The van der Waals surface area contributed by atoms with E-state index in [0.29, 0.717) is 30.4 Å². The molecule has 1 aromatic rings. The molecule has 0 saturated carbocycles. The SMILES string of the molecule is CCOc1ccc(N(S)C(=O)O)cc1OCC. The van der Waals surface area contributed by atoms with Gasteiger partial charge in [0.25, 0.3) is 0 Å². The van der Waals surface area contributed by atoms with Gasteiger partial charge < -0.3 is 14.6 Å². The molecule has 0 aliphatic rings. The summed E-state index contributed by atoms with van der Waals surface area (Å²) in [6, 6.07) is 4.85. The fourth-order valence-electron chi connectivity index (χ4n) is 1.28. The molecule has 94 valence electrons. The van der Waals surface area contributed by atoms with E-state index < -0.39 is 6.09 Å². The number of hydrogen-bond donors (Lipinski definition) is 2. The minimum atomic E-state index is -1.15. The Balaban J connectivity index is 3.04. The second-order valence-electron chi connectivity index (χ2n) is 3.09. The fraction of sp³-hybridized carbons (Fsp3) is 0.364. The Morgan fingerprint density at radius 2 is 1.88 bits per heavy atom. The van der Waals surface area contributed by atoms with Crippen LogP contribution in [0.25, 0.3) is 0 Å². The van der Waals surface area contributed by atoms with Crippen LogP contribution in [0, 0.1) is 0 Å². The summed E-state index contributed by atoms with van der Waals surface area (Å²) in [7, 11) is 0. The molecular formula is C11H15NO4S. The zero-order valence-electron chi connectivity index (χ0n) is 9.71. The molecule has 0 atom stereocenters. The summed E-state index contributed by atoms with van der Waals surface area (Å²) in [5.74, 6) is 1.09. The number of benzene rings is 1. The van der Waals surface area contributed by atoms with Gasteiger partial charge in [0.1, 0.15) is 0 Å². The largest absolute Gasteiger partial charge is 0.490 e. The number of thiol groups is 1. The van der Waals surface area contributed by atoms with Gasteiger partial charge in [0.05, 0.1) is 18.9 Å². The monoisotopic (exact) mass is 257 g/mol. The maximum Gasteiger partial charge on any atom is 0.421 e. The number of anilines is 1. The van der Waals surface area contributed by atoms with E-state index in [-0.39, 0.29) is 0 Å². The van der Waals surface area contributed by atoms with Crippen molar-refractivity contribution in [1.82, 2.24) is 0 Å². The summed E-state index contributed by atoms with van der Waals surface area (Å²) in [5.41, 5.74) is 0.410. The molecule has 0 aliphatic carbocycles. The van der Waals surface area contributed by atoms with Gasteiger partial charge in [0, 0.05) is 6.07 Å². The molecule has 0 unspecified atom stereocenters. The van der Waals surface area contributed by atoms with E-state index in [1.54, 1.807) is 18.2 Å². The van der Waals surface area contributed by atoms with Gasteiger partial charge in [0.15, 0.2) is 11.5 Å². The van der Waals surface area contributed by atoms with Gasteiger partial charge in [-0.15, -0.1) is 0 Å². The minimum Gasteiger partial charge on any atom is -0.490 e. The highest BCUT2D eigenvalue weighted by molar-refractivity contribution is 7.82. The lowest BCUT2D eigenvalue weighted by atomic mass is 10.2. The van der Waals surface area contributed by atoms with Gasteiger partial charge in [-0.05, 0) is 26.0 Å². The number of carboxylic acid groups (broad SMARTS) is 1. The highest BCUT2D eigenvalue weighted by Crippen LogP contribution is 2.32. The quantitative estimate of drug-likeness (QED) is 0.796. The number of hydrogen-bond acceptors (Lipinski definition) is 4. The van der Waals surface area contributed by atoms with Crippen LogP contribution in [-0.2, 0) is 0 Å². The van der Waals surface area contributed by atoms with Crippen LogP contribution in [0.3, 0.4) is 0 Å². The van der Waals surface area contributed by atoms with E-state index in [1.807, 2.05) is 13.8 Å². The number of ether oxygens (including phenoxy) is 2.